The molecule has 2 N–H and O–H groups in total. The molecule has 0 saturated heterocycles. The Kier molecular flexibility index (Phi) is 3.82. The van der Waals surface area contributed by atoms with E-state index in [9.17, 15) is 4.79 Å². The Labute approximate surface area is 125 Å². The van der Waals surface area contributed by atoms with Crippen LogP contribution in [-0.2, 0) is 6.54 Å². The third-order valence-corrected chi connectivity index (χ3v) is 4.03. The molecule has 21 heavy (non-hydrogen) atoms. The molecule has 0 radical (unpaired) electrons. The van der Waals surface area contributed by atoms with E-state index in [1.165, 1.54) is 6.20 Å². The highest BCUT2D eigenvalue weighted by molar-refractivity contribution is 7.10. The molecule has 1 aromatic carbocycles. The largest absolute Gasteiger partial charge is 0.320 e. The van der Waals surface area contributed by atoms with Crippen LogP contribution in [0.2, 0.25) is 0 Å². The van der Waals surface area contributed by atoms with Crippen molar-refractivity contribution in [2.24, 2.45) is 5.73 Å². The monoisotopic (exact) mass is 295 g/mol. The zero-order valence-corrected chi connectivity index (χ0v) is 12.1. The van der Waals surface area contributed by atoms with E-state index in [0.717, 1.165) is 21.5 Å². The summed E-state index contributed by atoms with van der Waals surface area (Å²) < 4.78 is 1.72. The molecular weight excluding hydrogens is 282 g/mol. The summed E-state index contributed by atoms with van der Waals surface area (Å²) in [6, 6.07) is 9.57. The van der Waals surface area contributed by atoms with Gasteiger partial charge < -0.3 is 10.3 Å². The standard InChI is InChI=1S/C16H13N3OS/c17-8-3-4-12-7-9-21-15(12)11-19-14-6-2-1-5-13(14)18-10-16(19)20/h1-2,5-7,9-10H,8,11,17H2. The van der Waals surface area contributed by atoms with Crippen LogP contribution in [0.3, 0.4) is 0 Å². The molecule has 0 bridgehead atoms. The van der Waals surface area contributed by atoms with Gasteiger partial charge in [0.25, 0.3) is 5.56 Å². The van der Waals surface area contributed by atoms with Gasteiger partial charge in [0, 0.05) is 10.4 Å². The lowest BCUT2D eigenvalue weighted by Gasteiger charge is -2.08. The minimum absolute atomic E-state index is 0.111. The molecule has 0 unspecified atom stereocenters. The molecule has 3 rings (SSSR count). The molecule has 0 spiro atoms. The summed E-state index contributed by atoms with van der Waals surface area (Å²) >= 11 is 1.59. The zero-order valence-electron chi connectivity index (χ0n) is 11.2. The summed E-state index contributed by atoms with van der Waals surface area (Å²) in [5, 5.41) is 1.98. The second-order valence-electron chi connectivity index (χ2n) is 4.43. The summed E-state index contributed by atoms with van der Waals surface area (Å²) in [6.45, 7) is 0.821. The molecule has 0 atom stereocenters. The van der Waals surface area contributed by atoms with E-state index in [1.54, 1.807) is 15.9 Å². The molecule has 0 aliphatic heterocycles. The molecule has 0 fully saturated rings. The van der Waals surface area contributed by atoms with Crippen LogP contribution < -0.4 is 11.3 Å². The van der Waals surface area contributed by atoms with Crippen molar-refractivity contribution in [1.29, 1.82) is 0 Å². The smallest absolute Gasteiger partial charge is 0.269 e. The van der Waals surface area contributed by atoms with Crippen molar-refractivity contribution in [3.8, 4) is 11.8 Å². The van der Waals surface area contributed by atoms with Crippen LogP contribution in [0.25, 0.3) is 11.0 Å². The fourth-order valence-corrected chi connectivity index (χ4v) is 2.96. The van der Waals surface area contributed by atoms with Crippen LogP contribution in [0, 0.1) is 11.8 Å². The van der Waals surface area contributed by atoms with Crippen molar-refractivity contribution in [3.63, 3.8) is 0 Å². The molecule has 0 aliphatic rings. The third kappa shape index (κ3) is 2.72. The second kappa shape index (κ2) is 5.92. The number of nitrogens with two attached hydrogens (primary N) is 1. The average Bonchev–Trinajstić information content (AvgIpc) is 2.95. The van der Waals surface area contributed by atoms with E-state index < -0.39 is 0 Å². The minimum Gasteiger partial charge on any atom is -0.320 e. The minimum atomic E-state index is -0.111. The van der Waals surface area contributed by atoms with Crippen molar-refractivity contribution < 1.29 is 0 Å². The van der Waals surface area contributed by atoms with Gasteiger partial charge in [-0.1, -0.05) is 24.0 Å². The summed E-state index contributed by atoms with van der Waals surface area (Å²) in [5.74, 6) is 5.90. The molecule has 0 saturated carbocycles. The molecule has 2 heterocycles. The van der Waals surface area contributed by atoms with Crippen LogP contribution in [0.15, 0.2) is 46.7 Å². The van der Waals surface area contributed by atoms with Gasteiger partial charge in [-0.25, -0.2) is 4.98 Å². The van der Waals surface area contributed by atoms with Gasteiger partial charge in [-0.2, -0.15) is 0 Å². The lowest BCUT2D eigenvalue weighted by Crippen LogP contribution is -2.20. The van der Waals surface area contributed by atoms with Crippen LogP contribution in [0.1, 0.15) is 10.4 Å². The Balaban J connectivity index is 2.09. The highest BCUT2D eigenvalue weighted by Gasteiger charge is 2.08. The number of para-hydroxylation sites is 2. The number of rotatable bonds is 2. The Morgan fingerprint density at radius 2 is 2.14 bits per heavy atom. The van der Waals surface area contributed by atoms with Gasteiger partial charge in [-0.3, -0.25) is 4.79 Å². The molecule has 104 valence electrons. The normalized spacial score (nSPS) is 10.3. The Morgan fingerprint density at radius 3 is 3.00 bits per heavy atom. The maximum absolute atomic E-state index is 12.1. The number of hydrogen-bond donors (Lipinski definition) is 1. The van der Waals surface area contributed by atoms with Crippen molar-refractivity contribution in [2.75, 3.05) is 6.54 Å². The van der Waals surface area contributed by atoms with E-state index in [4.69, 9.17) is 5.73 Å². The zero-order chi connectivity index (χ0) is 14.7. The third-order valence-electron chi connectivity index (χ3n) is 3.12. The fourth-order valence-electron chi connectivity index (χ4n) is 2.14. The first kappa shape index (κ1) is 13.6. The summed E-state index contributed by atoms with van der Waals surface area (Å²) in [5.41, 5.74) is 7.87. The summed E-state index contributed by atoms with van der Waals surface area (Å²) in [4.78, 5) is 17.4. The summed E-state index contributed by atoms with van der Waals surface area (Å²) in [6.07, 6.45) is 1.36. The van der Waals surface area contributed by atoms with E-state index in [0.29, 0.717) is 13.1 Å². The first-order chi connectivity index (χ1) is 10.3. The van der Waals surface area contributed by atoms with Crippen LogP contribution in [-0.4, -0.2) is 16.1 Å². The quantitative estimate of drug-likeness (QED) is 0.734. The Morgan fingerprint density at radius 1 is 1.29 bits per heavy atom. The van der Waals surface area contributed by atoms with Crippen molar-refractivity contribution in [2.45, 2.75) is 6.54 Å². The fraction of sp³-hybridized carbons (Fsp3) is 0.125. The van der Waals surface area contributed by atoms with Crippen LogP contribution in [0.5, 0.6) is 0 Å². The highest BCUT2D eigenvalue weighted by Crippen LogP contribution is 2.18. The predicted octanol–water partition coefficient (Wildman–Crippen LogP) is 1.82. The van der Waals surface area contributed by atoms with Crippen LogP contribution in [0.4, 0.5) is 0 Å². The van der Waals surface area contributed by atoms with Gasteiger partial charge in [-0.15, -0.1) is 11.3 Å². The molecule has 0 aliphatic carbocycles. The van der Waals surface area contributed by atoms with E-state index in [2.05, 4.69) is 16.8 Å². The van der Waals surface area contributed by atoms with E-state index in [1.807, 2.05) is 35.7 Å². The Hall–Kier alpha value is -2.42. The van der Waals surface area contributed by atoms with Crippen molar-refractivity contribution in [1.82, 2.24) is 9.55 Å². The summed E-state index contributed by atoms with van der Waals surface area (Å²) in [7, 11) is 0. The number of fused-ring (bicyclic) bond motifs is 1. The van der Waals surface area contributed by atoms with Crippen molar-refractivity contribution in [3.05, 3.63) is 62.7 Å². The van der Waals surface area contributed by atoms with Gasteiger partial charge in [0.1, 0.15) is 0 Å². The maximum Gasteiger partial charge on any atom is 0.269 e. The molecule has 2 aromatic heterocycles. The first-order valence-corrected chi connectivity index (χ1v) is 7.37. The SMILES string of the molecule is NCC#Cc1ccsc1Cn1c(=O)cnc2ccccc21. The highest BCUT2D eigenvalue weighted by atomic mass is 32.1. The number of benzene rings is 1. The molecule has 0 amide bonds. The average molecular weight is 295 g/mol. The first-order valence-electron chi connectivity index (χ1n) is 6.49. The van der Waals surface area contributed by atoms with Gasteiger partial charge in [0.05, 0.1) is 30.3 Å². The van der Waals surface area contributed by atoms with E-state index >= 15 is 0 Å². The van der Waals surface area contributed by atoms with Crippen molar-refractivity contribution >= 4 is 22.4 Å². The lowest BCUT2D eigenvalue weighted by molar-refractivity contribution is 0.797. The lowest BCUT2D eigenvalue weighted by atomic mass is 10.2. The second-order valence-corrected chi connectivity index (χ2v) is 5.44. The van der Waals surface area contributed by atoms with E-state index in [-0.39, 0.29) is 5.56 Å². The number of hydrogen-bond acceptors (Lipinski definition) is 4. The van der Waals surface area contributed by atoms with Crippen LogP contribution >= 0.6 is 11.3 Å². The molecule has 3 aromatic rings. The van der Waals surface area contributed by atoms with Gasteiger partial charge in [-0.05, 0) is 23.6 Å². The number of thiophene rings is 1. The number of nitrogens with zero attached hydrogens (tertiary/aromatic N) is 2. The number of aromatic nitrogens is 2. The van der Waals surface area contributed by atoms with Gasteiger partial charge in [0.15, 0.2) is 0 Å². The molecule has 5 heteroatoms. The molecule has 4 nitrogen and oxygen atoms in total. The van der Waals surface area contributed by atoms with Gasteiger partial charge in [0.2, 0.25) is 0 Å². The van der Waals surface area contributed by atoms with Gasteiger partial charge >= 0.3 is 0 Å². The molecular formula is C16H13N3OS. The predicted molar refractivity (Wildman–Crippen MR) is 85.4 cm³/mol. The topological polar surface area (TPSA) is 60.9 Å². The maximum atomic E-state index is 12.1. The Bertz CT molecular complexity index is 899.